The fourth-order valence-corrected chi connectivity index (χ4v) is 6.40. The van der Waals surface area contributed by atoms with Crippen molar-refractivity contribution in [2.75, 3.05) is 0 Å². The monoisotopic (exact) mass is 434 g/mol. The number of benzene rings is 2. The summed E-state index contributed by atoms with van der Waals surface area (Å²) in [6.45, 7) is 0.150. The molecule has 1 spiro atoms. The van der Waals surface area contributed by atoms with Crippen molar-refractivity contribution in [3.8, 4) is 0 Å². The van der Waals surface area contributed by atoms with Crippen LogP contribution in [0.2, 0.25) is 0 Å². The number of hydrogen-bond donors (Lipinski definition) is 1. The lowest BCUT2D eigenvalue weighted by atomic mass is 9.69. The second-order valence-electron chi connectivity index (χ2n) is 9.61. The molecule has 168 valence electrons. The predicted molar refractivity (Wildman–Crippen MR) is 122 cm³/mol. The first-order valence-electron chi connectivity index (χ1n) is 12.1. The van der Waals surface area contributed by atoms with Crippen molar-refractivity contribution in [2.24, 2.45) is 0 Å². The molecule has 2 saturated carbocycles. The van der Waals surface area contributed by atoms with Crippen molar-refractivity contribution in [3.63, 3.8) is 0 Å². The number of amides is 2. The normalized spacial score (nSPS) is 22.7. The Hall–Kier alpha value is -2.69. The van der Waals surface area contributed by atoms with Gasteiger partial charge in [-0.3, -0.25) is 9.59 Å². The number of nitrogens with zero attached hydrogens (tertiary/aromatic N) is 1. The molecule has 0 radical (unpaired) electrons. The van der Waals surface area contributed by atoms with E-state index in [0.717, 1.165) is 56.9 Å². The lowest BCUT2D eigenvalue weighted by Gasteiger charge is -2.54. The summed E-state index contributed by atoms with van der Waals surface area (Å²) < 4.78 is 14.2. The van der Waals surface area contributed by atoms with Crippen LogP contribution in [0.5, 0.6) is 0 Å². The number of halogens is 1. The van der Waals surface area contributed by atoms with Gasteiger partial charge in [-0.05, 0) is 43.4 Å². The molecule has 0 bridgehead atoms. The van der Waals surface area contributed by atoms with Gasteiger partial charge in [-0.2, -0.15) is 0 Å². The van der Waals surface area contributed by atoms with E-state index in [4.69, 9.17) is 0 Å². The Kier molecular flexibility index (Phi) is 5.75. The molecule has 1 aliphatic heterocycles. The van der Waals surface area contributed by atoms with Gasteiger partial charge in [-0.25, -0.2) is 4.39 Å². The van der Waals surface area contributed by atoms with Crippen molar-refractivity contribution in [1.29, 1.82) is 0 Å². The third-order valence-electron chi connectivity index (χ3n) is 7.82. The fraction of sp³-hybridized carbons (Fsp3) is 0.481. The highest BCUT2D eigenvalue weighted by Crippen LogP contribution is 2.52. The van der Waals surface area contributed by atoms with E-state index in [1.54, 1.807) is 18.2 Å². The highest BCUT2D eigenvalue weighted by atomic mass is 19.1. The topological polar surface area (TPSA) is 49.4 Å². The summed E-state index contributed by atoms with van der Waals surface area (Å²) >= 11 is 0. The molecule has 1 N–H and O–H groups in total. The predicted octanol–water partition coefficient (Wildman–Crippen LogP) is 5.33. The third kappa shape index (κ3) is 3.52. The molecule has 2 aliphatic carbocycles. The molecule has 32 heavy (non-hydrogen) atoms. The minimum atomic E-state index is -0.479. The molecule has 0 unspecified atom stereocenters. The van der Waals surface area contributed by atoms with Gasteiger partial charge in [0.1, 0.15) is 5.82 Å². The van der Waals surface area contributed by atoms with Gasteiger partial charge in [0, 0.05) is 23.7 Å². The molecule has 1 atom stereocenters. The maximum absolute atomic E-state index is 14.2. The highest BCUT2D eigenvalue weighted by Gasteiger charge is 2.57. The van der Waals surface area contributed by atoms with Gasteiger partial charge < -0.3 is 10.2 Å². The van der Waals surface area contributed by atoms with Crippen LogP contribution in [-0.2, 0) is 11.3 Å². The summed E-state index contributed by atoms with van der Waals surface area (Å²) in [6, 6.07) is 14.4. The maximum atomic E-state index is 14.2. The summed E-state index contributed by atoms with van der Waals surface area (Å²) in [7, 11) is 0. The molecular formula is C27H31FN2O2. The van der Waals surface area contributed by atoms with Crippen molar-refractivity contribution < 1.29 is 14.0 Å². The largest absolute Gasteiger partial charge is 0.351 e. The fourth-order valence-electron chi connectivity index (χ4n) is 6.40. The molecule has 2 aromatic carbocycles. The zero-order valence-electron chi connectivity index (χ0n) is 18.5. The molecule has 2 aromatic rings. The molecule has 4 nitrogen and oxygen atoms in total. The lowest BCUT2D eigenvalue weighted by molar-refractivity contribution is -0.127. The van der Waals surface area contributed by atoms with E-state index in [1.165, 1.54) is 12.5 Å². The van der Waals surface area contributed by atoms with Crippen LogP contribution in [0.3, 0.4) is 0 Å². The Labute approximate surface area is 189 Å². The standard InChI is InChI=1S/C27H31FN2O2/c28-23-15-7-4-10-19(23)18-29-25(31)24-21-13-5-6-14-22(21)26(32)30(20-11-2-1-3-12-20)27(24)16-8-9-17-27/h4-7,10,13-15,20,24H,1-3,8-9,11-12,16-18H2,(H,29,31)/t24-/m1/s1. The van der Waals surface area contributed by atoms with Crippen LogP contribution in [0.1, 0.15) is 85.2 Å². The Morgan fingerprint density at radius 2 is 1.66 bits per heavy atom. The van der Waals surface area contributed by atoms with Crippen LogP contribution in [0.15, 0.2) is 48.5 Å². The Morgan fingerprint density at radius 1 is 0.969 bits per heavy atom. The maximum Gasteiger partial charge on any atom is 0.254 e. The minimum absolute atomic E-state index is 0.0903. The van der Waals surface area contributed by atoms with Gasteiger partial charge in [0.05, 0.1) is 11.5 Å². The summed E-state index contributed by atoms with van der Waals surface area (Å²) in [5.41, 5.74) is 1.48. The zero-order valence-corrected chi connectivity index (χ0v) is 18.5. The van der Waals surface area contributed by atoms with Gasteiger partial charge in [0.25, 0.3) is 5.91 Å². The van der Waals surface area contributed by atoms with Gasteiger partial charge in [-0.15, -0.1) is 0 Å². The number of carbonyl (C=O) groups excluding carboxylic acids is 2. The van der Waals surface area contributed by atoms with E-state index < -0.39 is 11.5 Å². The van der Waals surface area contributed by atoms with Gasteiger partial charge in [0.15, 0.2) is 0 Å². The lowest BCUT2D eigenvalue weighted by Crippen LogP contribution is -2.63. The molecule has 3 aliphatic rings. The Bertz CT molecular complexity index is 1010. The van der Waals surface area contributed by atoms with E-state index >= 15 is 0 Å². The number of hydrogen-bond acceptors (Lipinski definition) is 2. The molecular weight excluding hydrogens is 403 g/mol. The summed E-state index contributed by atoms with van der Waals surface area (Å²) in [5.74, 6) is -0.748. The average Bonchev–Trinajstić information content (AvgIpc) is 3.29. The molecule has 1 heterocycles. The van der Waals surface area contributed by atoms with Crippen molar-refractivity contribution in [1.82, 2.24) is 10.2 Å². The third-order valence-corrected chi connectivity index (χ3v) is 7.82. The summed E-state index contributed by atoms with van der Waals surface area (Å²) in [5, 5.41) is 3.02. The van der Waals surface area contributed by atoms with E-state index in [-0.39, 0.29) is 30.2 Å². The average molecular weight is 435 g/mol. The highest BCUT2D eigenvalue weighted by molar-refractivity contribution is 6.02. The van der Waals surface area contributed by atoms with Gasteiger partial charge in [-0.1, -0.05) is 68.5 Å². The van der Waals surface area contributed by atoms with Crippen LogP contribution in [0.4, 0.5) is 4.39 Å². The minimum Gasteiger partial charge on any atom is -0.351 e. The molecule has 2 amide bonds. The Morgan fingerprint density at radius 3 is 2.41 bits per heavy atom. The Balaban J connectivity index is 1.54. The first-order valence-corrected chi connectivity index (χ1v) is 12.1. The number of carbonyl (C=O) groups is 2. The van der Waals surface area contributed by atoms with E-state index in [2.05, 4.69) is 10.2 Å². The first kappa shape index (κ1) is 21.2. The molecule has 5 rings (SSSR count). The smallest absolute Gasteiger partial charge is 0.254 e. The van der Waals surface area contributed by atoms with Crippen LogP contribution >= 0.6 is 0 Å². The SMILES string of the molecule is O=C(NCc1ccccc1F)[C@H]1c2ccccc2C(=O)N(C2CCCCC2)C12CCCC2. The molecule has 0 saturated heterocycles. The second kappa shape index (κ2) is 8.68. The van der Waals surface area contributed by atoms with Crippen LogP contribution in [0.25, 0.3) is 0 Å². The number of nitrogens with one attached hydrogen (secondary N) is 1. The van der Waals surface area contributed by atoms with Crippen molar-refractivity contribution in [3.05, 3.63) is 71.0 Å². The second-order valence-corrected chi connectivity index (χ2v) is 9.61. The molecule has 2 fully saturated rings. The van der Waals surface area contributed by atoms with Crippen LogP contribution < -0.4 is 5.32 Å². The quantitative estimate of drug-likeness (QED) is 0.707. The van der Waals surface area contributed by atoms with E-state index in [9.17, 15) is 14.0 Å². The van der Waals surface area contributed by atoms with Crippen LogP contribution in [-0.4, -0.2) is 28.3 Å². The van der Waals surface area contributed by atoms with Crippen molar-refractivity contribution >= 4 is 11.8 Å². The van der Waals surface area contributed by atoms with Crippen LogP contribution in [0, 0.1) is 5.82 Å². The van der Waals surface area contributed by atoms with Gasteiger partial charge >= 0.3 is 0 Å². The number of fused-ring (bicyclic) bond motifs is 1. The first-order chi connectivity index (χ1) is 15.6. The van der Waals surface area contributed by atoms with Gasteiger partial charge in [0.2, 0.25) is 5.91 Å². The summed E-state index contributed by atoms with van der Waals surface area (Å²) in [6.07, 6.45) is 9.26. The molecule has 5 heteroatoms. The van der Waals surface area contributed by atoms with E-state index in [0.29, 0.717) is 11.1 Å². The zero-order chi connectivity index (χ0) is 22.1. The van der Waals surface area contributed by atoms with Crippen molar-refractivity contribution in [2.45, 2.75) is 81.8 Å². The molecule has 0 aromatic heterocycles. The number of rotatable bonds is 4. The van der Waals surface area contributed by atoms with E-state index in [1.807, 2.05) is 24.3 Å². The summed E-state index contributed by atoms with van der Waals surface area (Å²) in [4.78, 5) is 29.7.